The van der Waals surface area contributed by atoms with E-state index in [-0.39, 0.29) is 5.71 Å². The van der Waals surface area contributed by atoms with Gasteiger partial charge in [-0.15, -0.1) is 0 Å². The van der Waals surface area contributed by atoms with E-state index in [0.29, 0.717) is 17.7 Å². The van der Waals surface area contributed by atoms with E-state index in [2.05, 4.69) is 5.16 Å². The Balaban J connectivity index is 3.17. The van der Waals surface area contributed by atoms with Crippen LogP contribution in [0, 0.1) is 0 Å². The van der Waals surface area contributed by atoms with Gasteiger partial charge in [-0.1, -0.05) is 12.1 Å². The second kappa shape index (κ2) is 5.86. The van der Waals surface area contributed by atoms with E-state index in [1.54, 1.807) is 38.3 Å². The first kappa shape index (κ1) is 14.5. The zero-order valence-corrected chi connectivity index (χ0v) is 11.4. The van der Waals surface area contributed by atoms with Gasteiger partial charge in [-0.2, -0.15) is 0 Å². The van der Waals surface area contributed by atoms with Crippen molar-refractivity contribution in [3.63, 3.8) is 0 Å². The lowest BCUT2D eigenvalue weighted by atomic mass is 10.1. The molecule has 0 heterocycles. The molecule has 1 aromatic carbocycles. The molecular formula is C12H17NO4S. The molecule has 100 valence electrons. The topological polar surface area (TPSA) is 76.0 Å². The molecule has 0 fully saturated rings. The molecule has 0 radical (unpaired) electrons. The molecule has 0 spiro atoms. The fourth-order valence-corrected chi connectivity index (χ4v) is 2.96. The van der Waals surface area contributed by atoms with Crippen LogP contribution in [0.2, 0.25) is 0 Å². The molecule has 6 heteroatoms. The van der Waals surface area contributed by atoms with Crippen molar-refractivity contribution in [2.45, 2.75) is 18.6 Å². The smallest absolute Gasteiger partial charge is 0.156 e. The molecule has 18 heavy (non-hydrogen) atoms. The van der Waals surface area contributed by atoms with E-state index in [4.69, 9.17) is 9.94 Å². The standard InChI is InChI=1S/C12H17NO4S/c1-4-11(18(3,15)16)12(13-14)9-5-7-10(17-2)8-6-9/h5-8,11,14H,4H2,1-3H3/b13-12+. The normalized spacial score (nSPS) is 14.3. The summed E-state index contributed by atoms with van der Waals surface area (Å²) in [6.45, 7) is 1.74. The van der Waals surface area contributed by atoms with Crippen LogP contribution in [0.4, 0.5) is 0 Å². The van der Waals surface area contributed by atoms with E-state index in [1.807, 2.05) is 0 Å². The van der Waals surface area contributed by atoms with Gasteiger partial charge in [0.1, 0.15) is 16.7 Å². The van der Waals surface area contributed by atoms with Crippen molar-refractivity contribution >= 4 is 15.5 Å². The summed E-state index contributed by atoms with van der Waals surface area (Å²) >= 11 is 0. The maximum atomic E-state index is 11.6. The number of ether oxygens (including phenoxy) is 1. The van der Waals surface area contributed by atoms with E-state index >= 15 is 0 Å². The molecule has 0 aliphatic heterocycles. The van der Waals surface area contributed by atoms with Gasteiger partial charge >= 0.3 is 0 Å². The van der Waals surface area contributed by atoms with Gasteiger partial charge in [0.05, 0.1) is 7.11 Å². The van der Waals surface area contributed by atoms with Crippen molar-refractivity contribution in [3.8, 4) is 5.75 Å². The quantitative estimate of drug-likeness (QED) is 0.502. The number of sulfone groups is 1. The Bertz CT molecular complexity index is 520. The molecule has 5 nitrogen and oxygen atoms in total. The predicted octanol–water partition coefficient (Wildman–Crippen LogP) is 1.70. The number of oxime groups is 1. The third kappa shape index (κ3) is 3.22. The highest BCUT2D eigenvalue weighted by Gasteiger charge is 2.26. The third-order valence-electron chi connectivity index (χ3n) is 2.69. The monoisotopic (exact) mass is 271 g/mol. The first-order chi connectivity index (χ1) is 8.43. The lowest BCUT2D eigenvalue weighted by Crippen LogP contribution is -2.29. The number of methoxy groups -OCH3 is 1. The maximum absolute atomic E-state index is 11.6. The Morgan fingerprint density at radius 3 is 2.28 bits per heavy atom. The van der Waals surface area contributed by atoms with Crippen molar-refractivity contribution in [1.29, 1.82) is 0 Å². The Labute approximate surface area is 107 Å². The van der Waals surface area contributed by atoms with Crippen molar-refractivity contribution in [1.82, 2.24) is 0 Å². The molecule has 1 aromatic rings. The highest BCUT2D eigenvalue weighted by Crippen LogP contribution is 2.17. The van der Waals surface area contributed by atoms with E-state index in [9.17, 15) is 8.42 Å². The lowest BCUT2D eigenvalue weighted by Gasteiger charge is -2.14. The van der Waals surface area contributed by atoms with E-state index in [1.165, 1.54) is 0 Å². The molecule has 1 N–H and O–H groups in total. The molecule has 0 aromatic heterocycles. The summed E-state index contributed by atoms with van der Waals surface area (Å²) in [4.78, 5) is 0. The van der Waals surface area contributed by atoms with Crippen LogP contribution < -0.4 is 4.74 Å². The Morgan fingerprint density at radius 1 is 1.39 bits per heavy atom. The lowest BCUT2D eigenvalue weighted by molar-refractivity contribution is 0.318. The van der Waals surface area contributed by atoms with Crippen LogP contribution in [-0.4, -0.2) is 38.0 Å². The average molecular weight is 271 g/mol. The van der Waals surface area contributed by atoms with Crippen LogP contribution in [0.15, 0.2) is 29.4 Å². The van der Waals surface area contributed by atoms with Crippen LogP contribution in [0.3, 0.4) is 0 Å². The summed E-state index contributed by atoms with van der Waals surface area (Å²) in [6, 6.07) is 6.72. The van der Waals surface area contributed by atoms with Crippen molar-refractivity contribution in [2.75, 3.05) is 13.4 Å². The number of rotatable bonds is 5. The highest BCUT2D eigenvalue weighted by atomic mass is 32.2. The van der Waals surface area contributed by atoms with Crippen LogP contribution in [0.25, 0.3) is 0 Å². The number of hydrogen-bond donors (Lipinski definition) is 1. The summed E-state index contributed by atoms with van der Waals surface area (Å²) in [5.74, 6) is 0.656. The number of hydrogen-bond acceptors (Lipinski definition) is 5. The second-order valence-corrected chi connectivity index (χ2v) is 6.17. The van der Waals surface area contributed by atoms with Gasteiger partial charge in [0, 0.05) is 11.8 Å². The minimum Gasteiger partial charge on any atom is -0.497 e. The Kier molecular flexibility index (Phi) is 4.72. The molecule has 1 rings (SSSR count). The summed E-state index contributed by atoms with van der Waals surface area (Å²) in [5, 5.41) is 11.4. The highest BCUT2D eigenvalue weighted by molar-refractivity contribution is 7.92. The number of benzene rings is 1. The molecule has 0 aliphatic carbocycles. The predicted molar refractivity (Wildman–Crippen MR) is 70.2 cm³/mol. The van der Waals surface area contributed by atoms with Crippen molar-refractivity contribution < 1.29 is 18.4 Å². The van der Waals surface area contributed by atoms with Gasteiger partial charge in [0.2, 0.25) is 0 Å². The van der Waals surface area contributed by atoms with Gasteiger partial charge in [0.15, 0.2) is 9.84 Å². The summed E-state index contributed by atoms with van der Waals surface area (Å²) in [6.07, 6.45) is 1.49. The van der Waals surface area contributed by atoms with Gasteiger partial charge < -0.3 is 9.94 Å². The molecule has 0 saturated heterocycles. The largest absolute Gasteiger partial charge is 0.497 e. The first-order valence-electron chi connectivity index (χ1n) is 5.49. The third-order valence-corrected chi connectivity index (χ3v) is 4.28. The summed E-state index contributed by atoms with van der Waals surface area (Å²) in [5.41, 5.74) is 0.721. The SMILES string of the molecule is CCC(/C(=N/O)c1ccc(OC)cc1)S(C)(=O)=O. The fraction of sp³-hybridized carbons (Fsp3) is 0.417. The molecule has 1 atom stereocenters. The fourth-order valence-electron chi connectivity index (χ4n) is 1.77. The van der Waals surface area contributed by atoms with Crippen LogP contribution >= 0.6 is 0 Å². The zero-order chi connectivity index (χ0) is 13.8. The summed E-state index contributed by atoms with van der Waals surface area (Å²) < 4.78 is 28.3. The minimum atomic E-state index is -3.31. The molecule has 0 amide bonds. The van der Waals surface area contributed by atoms with E-state index in [0.717, 1.165) is 6.26 Å². The molecule has 0 saturated carbocycles. The van der Waals surface area contributed by atoms with Gasteiger partial charge in [-0.05, 0) is 30.7 Å². The molecule has 1 unspecified atom stereocenters. The van der Waals surface area contributed by atoms with Gasteiger partial charge in [-0.25, -0.2) is 8.42 Å². The van der Waals surface area contributed by atoms with Gasteiger partial charge in [0.25, 0.3) is 0 Å². The average Bonchev–Trinajstić information content (AvgIpc) is 2.34. The van der Waals surface area contributed by atoms with Crippen LogP contribution in [0.5, 0.6) is 5.75 Å². The second-order valence-electron chi connectivity index (χ2n) is 3.94. The summed E-state index contributed by atoms with van der Waals surface area (Å²) in [7, 11) is -1.77. The number of nitrogens with zero attached hydrogens (tertiary/aromatic N) is 1. The maximum Gasteiger partial charge on any atom is 0.156 e. The minimum absolute atomic E-state index is 0.155. The van der Waals surface area contributed by atoms with Crippen LogP contribution in [0.1, 0.15) is 18.9 Å². The molecule has 0 bridgehead atoms. The zero-order valence-electron chi connectivity index (χ0n) is 10.6. The van der Waals surface area contributed by atoms with Crippen molar-refractivity contribution in [2.24, 2.45) is 5.16 Å². The van der Waals surface area contributed by atoms with Gasteiger partial charge in [-0.3, -0.25) is 0 Å². The molecule has 0 aliphatic rings. The molecular weight excluding hydrogens is 254 g/mol. The Morgan fingerprint density at radius 2 is 1.94 bits per heavy atom. The van der Waals surface area contributed by atoms with E-state index < -0.39 is 15.1 Å². The van der Waals surface area contributed by atoms with Crippen LogP contribution in [-0.2, 0) is 9.84 Å². The first-order valence-corrected chi connectivity index (χ1v) is 7.44. The van der Waals surface area contributed by atoms with Crippen molar-refractivity contribution in [3.05, 3.63) is 29.8 Å². The Hall–Kier alpha value is -1.56.